The highest BCUT2D eigenvalue weighted by molar-refractivity contribution is 5.79. The van der Waals surface area contributed by atoms with Gasteiger partial charge < -0.3 is 14.1 Å². The molecular formula is C23H22F3N3O3. The number of ether oxygens (including phenoxy) is 1. The maximum Gasteiger partial charge on any atom is 0.416 e. The van der Waals surface area contributed by atoms with E-state index < -0.39 is 11.7 Å². The minimum Gasteiger partial charge on any atom is -0.497 e. The molecular weight excluding hydrogens is 423 g/mol. The second kappa shape index (κ2) is 9.02. The van der Waals surface area contributed by atoms with Crippen LogP contribution in [0.1, 0.15) is 35.8 Å². The van der Waals surface area contributed by atoms with Gasteiger partial charge in [-0.3, -0.25) is 4.79 Å². The van der Waals surface area contributed by atoms with E-state index in [-0.39, 0.29) is 24.1 Å². The smallest absolute Gasteiger partial charge is 0.416 e. The first-order valence-corrected chi connectivity index (χ1v) is 10.2. The number of hydrogen-bond acceptors (Lipinski definition) is 5. The van der Waals surface area contributed by atoms with Crippen molar-refractivity contribution in [1.29, 1.82) is 0 Å². The second-order valence-electron chi connectivity index (χ2n) is 7.72. The van der Waals surface area contributed by atoms with Crippen LogP contribution >= 0.6 is 0 Å². The summed E-state index contributed by atoms with van der Waals surface area (Å²) in [7, 11) is 1.59. The Kier molecular flexibility index (Phi) is 6.16. The summed E-state index contributed by atoms with van der Waals surface area (Å²) in [5, 5.41) is 8.09. The number of nitrogens with zero attached hydrogens (tertiary/aromatic N) is 3. The molecule has 4 rings (SSSR count). The van der Waals surface area contributed by atoms with Crippen LogP contribution in [0, 0.1) is 0 Å². The summed E-state index contributed by atoms with van der Waals surface area (Å²) in [6.07, 6.45) is -2.52. The molecule has 1 amide bonds. The quantitative estimate of drug-likeness (QED) is 0.569. The Balaban J connectivity index is 1.41. The molecule has 1 unspecified atom stereocenters. The highest BCUT2D eigenvalue weighted by atomic mass is 19.4. The number of alkyl halides is 3. The molecule has 0 saturated carbocycles. The van der Waals surface area contributed by atoms with Gasteiger partial charge in [-0.2, -0.15) is 13.2 Å². The lowest BCUT2D eigenvalue weighted by molar-refractivity contribution is -0.137. The van der Waals surface area contributed by atoms with Crippen LogP contribution in [0.15, 0.2) is 52.9 Å². The van der Waals surface area contributed by atoms with Crippen LogP contribution in [-0.4, -0.2) is 41.2 Å². The van der Waals surface area contributed by atoms with Crippen LogP contribution in [0.5, 0.6) is 5.75 Å². The third-order valence-corrected chi connectivity index (χ3v) is 5.54. The Morgan fingerprint density at radius 1 is 1.12 bits per heavy atom. The van der Waals surface area contributed by atoms with Crippen molar-refractivity contribution >= 4 is 5.91 Å². The van der Waals surface area contributed by atoms with Gasteiger partial charge >= 0.3 is 6.18 Å². The number of methoxy groups -OCH3 is 1. The van der Waals surface area contributed by atoms with Crippen LogP contribution in [-0.2, 0) is 17.4 Å². The van der Waals surface area contributed by atoms with Crippen molar-refractivity contribution in [2.45, 2.75) is 31.4 Å². The molecule has 168 valence electrons. The second-order valence-corrected chi connectivity index (χ2v) is 7.72. The predicted octanol–water partition coefficient (Wildman–Crippen LogP) is 4.71. The van der Waals surface area contributed by atoms with E-state index in [9.17, 15) is 18.0 Å². The largest absolute Gasteiger partial charge is 0.497 e. The van der Waals surface area contributed by atoms with Crippen molar-refractivity contribution in [2.75, 3.05) is 20.2 Å². The van der Waals surface area contributed by atoms with Gasteiger partial charge in [0.05, 0.1) is 25.0 Å². The molecule has 32 heavy (non-hydrogen) atoms. The molecule has 0 radical (unpaired) electrons. The third kappa shape index (κ3) is 4.92. The van der Waals surface area contributed by atoms with Crippen LogP contribution in [0.4, 0.5) is 13.2 Å². The van der Waals surface area contributed by atoms with Gasteiger partial charge in [0.2, 0.25) is 17.7 Å². The van der Waals surface area contributed by atoms with Gasteiger partial charge in [-0.05, 0) is 54.8 Å². The number of likely N-dealkylation sites (tertiary alicyclic amines) is 1. The molecule has 0 spiro atoms. The van der Waals surface area contributed by atoms with Crippen molar-refractivity contribution in [3.63, 3.8) is 0 Å². The number of rotatable bonds is 5. The van der Waals surface area contributed by atoms with E-state index in [0.29, 0.717) is 24.5 Å². The summed E-state index contributed by atoms with van der Waals surface area (Å²) in [5.74, 6) is 1.19. The average molecular weight is 445 g/mol. The lowest BCUT2D eigenvalue weighted by Crippen LogP contribution is -2.40. The zero-order valence-electron chi connectivity index (χ0n) is 17.4. The molecule has 3 aromatic rings. The molecule has 2 aromatic carbocycles. The van der Waals surface area contributed by atoms with E-state index in [1.54, 1.807) is 12.0 Å². The first kappa shape index (κ1) is 21.9. The van der Waals surface area contributed by atoms with Gasteiger partial charge in [0.1, 0.15) is 5.75 Å². The van der Waals surface area contributed by atoms with Gasteiger partial charge in [-0.1, -0.05) is 12.1 Å². The Hall–Kier alpha value is -3.36. The molecule has 0 bridgehead atoms. The lowest BCUT2D eigenvalue weighted by atomic mass is 9.97. The highest BCUT2D eigenvalue weighted by Gasteiger charge is 2.31. The number of amides is 1. The summed E-state index contributed by atoms with van der Waals surface area (Å²) in [6, 6.07) is 12.0. The maximum absolute atomic E-state index is 12.8. The van der Waals surface area contributed by atoms with Crippen LogP contribution in [0.2, 0.25) is 0 Å². The van der Waals surface area contributed by atoms with Crippen LogP contribution in [0.3, 0.4) is 0 Å². The number of carbonyl (C=O) groups is 1. The summed E-state index contributed by atoms with van der Waals surface area (Å²) in [6.45, 7) is 1.12. The molecule has 1 aliphatic heterocycles. The Labute approximate surface area is 183 Å². The predicted molar refractivity (Wildman–Crippen MR) is 110 cm³/mol. The molecule has 1 fully saturated rings. The summed E-state index contributed by atoms with van der Waals surface area (Å²) in [5.41, 5.74) is 0.583. The molecule has 1 aliphatic rings. The molecule has 6 nitrogen and oxygen atoms in total. The first-order valence-electron chi connectivity index (χ1n) is 10.2. The topological polar surface area (TPSA) is 68.5 Å². The number of halogens is 3. The molecule has 9 heteroatoms. The Bertz CT molecular complexity index is 1060. The van der Waals surface area contributed by atoms with Gasteiger partial charge in [-0.25, -0.2) is 0 Å². The number of benzene rings is 2. The van der Waals surface area contributed by atoms with Crippen molar-refractivity contribution in [2.24, 2.45) is 0 Å². The van der Waals surface area contributed by atoms with Gasteiger partial charge in [0, 0.05) is 18.7 Å². The van der Waals surface area contributed by atoms with E-state index in [0.717, 1.165) is 36.3 Å². The Morgan fingerprint density at radius 3 is 2.50 bits per heavy atom. The fourth-order valence-corrected chi connectivity index (χ4v) is 3.75. The van der Waals surface area contributed by atoms with Crippen LogP contribution in [0.25, 0.3) is 11.5 Å². The number of carbonyl (C=O) groups excluding carboxylic acids is 1. The summed E-state index contributed by atoms with van der Waals surface area (Å²) < 4.78 is 49.2. The fraction of sp³-hybridized carbons (Fsp3) is 0.348. The third-order valence-electron chi connectivity index (χ3n) is 5.54. The molecule has 0 N–H and O–H groups in total. The van der Waals surface area contributed by atoms with E-state index in [4.69, 9.17) is 9.15 Å². The normalized spacial score (nSPS) is 16.8. The fourth-order valence-electron chi connectivity index (χ4n) is 3.75. The molecule has 1 atom stereocenters. The zero-order chi connectivity index (χ0) is 22.7. The van der Waals surface area contributed by atoms with E-state index in [2.05, 4.69) is 10.2 Å². The van der Waals surface area contributed by atoms with Crippen molar-refractivity contribution in [3.8, 4) is 17.2 Å². The maximum atomic E-state index is 12.8. The monoisotopic (exact) mass is 445 g/mol. The van der Waals surface area contributed by atoms with E-state index >= 15 is 0 Å². The van der Waals surface area contributed by atoms with Crippen LogP contribution < -0.4 is 4.74 Å². The van der Waals surface area contributed by atoms with Crippen molar-refractivity contribution in [3.05, 3.63) is 65.5 Å². The molecule has 0 aliphatic carbocycles. The number of aromatic nitrogens is 2. The molecule has 2 heterocycles. The van der Waals surface area contributed by atoms with Crippen molar-refractivity contribution < 1.29 is 27.1 Å². The minimum absolute atomic E-state index is 0.0161. The Morgan fingerprint density at radius 2 is 1.84 bits per heavy atom. The summed E-state index contributed by atoms with van der Waals surface area (Å²) >= 11 is 0. The number of piperidine rings is 1. The average Bonchev–Trinajstić information content (AvgIpc) is 3.30. The first-order chi connectivity index (χ1) is 15.3. The summed E-state index contributed by atoms with van der Waals surface area (Å²) in [4.78, 5) is 14.6. The van der Waals surface area contributed by atoms with Gasteiger partial charge in [0.25, 0.3) is 0 Å². The van der Waals surface area contributed by atoms with Crippen molar-refractivity contribution in [1.82, 2.24) is 15.1 Å². The van der Waals surface area contributed by atoms with E-state index in [1.165, 1.54) is 12.1 Å². The SMILES string of the molecule is COc1ccc(CC(=O)N2CCCC(c3nnc(-c4ccc(C(F)(F)F)cc4)o3)C2)cc1. The molecule has 1 saturated heterocycles. The molecule has 1 aromatic heterocycles. The van der Waals surface area contributed by atoms with Gasteiger partial charge in [-0.15, -0.1) is 10.2 Å². The zero-order valence-corrected chi connectivity index (χ0v) is 17.4. The van der Waals surface area contributed by atoms with E-state index in [1.807, 2.05) is 24.3 Å². The lowest BCUT2D eigenvalue weighted by Gasteiger charge is -2.31. The standard InChI is InChI=1S/C23H22F3N3O3/c1-31-19-10-4-15(5-11-19)13-20(30)29-12-2-3-17(14-29)22-28-27-21(32-22)16-6-8-18(9-7-16)23(24,25)26/h4-11,17H,2-3,12-14H2,1H3. The minimum atomic E-state index is -4.40. The van der Waals surface area contributed by atoms with Gasteiger partial charge in [0.15, 0.2) is 0 Å². The highest BCUT2D eigenvalue weighted by Crippen LogP contribution is 2.32. The number of hydrogen-bond donors (Lipinski definition) is 0.